The first kappa shape index (κ1) is 20.2. The molecule has 0 aliphatic rings. The quantitative estimate of drug-likeness (QED) is 0.511. The predicted octanol–water partition coefficient (Wildman–Crippen LogP) is 2.16. The standard InChI is InChI=1S/C16H27N3O4S/c1-12-7-8-13(17)11-14(12)24(21,22)19-10-6-5-9-18-15(20)23-16(2,3)4/h7-8,11,19H,5-6,9-10,17H2,1-4H3,(H,18,20). The summed E-state index contributed by atoms with van der Waals surface area (Å²) in [6.45, 7) is 7.80. The van der Waals surface area contributed by atoms with Crippen LogP contribution in [0.5, 0.6) is 0 Å². The fraction of sp³-hybridized carbons (Fsp3) is 0.562. The minimum Gasteiger partial charge on any atom is -0.444 e. The van der Waals surface area contributed by atoms with Crippen LogP contribution in [-0.4, -0.2) is 33.2 Å². The average molecular weight is 357 g/mol. The number of amides is 1. The van der Waals surface area contributed by atoms with Crippen molar-refractivity contribution < 1.29 is 17.9 Å². The number of carbonyl (C=O) groups excluding carboxylic acids is 1. The summed E-state index contributed by atoms with van der Waals surface area (Å²) in [6.07, 6.45) is 0.757. The van der Waals surface area contributed by atoms with Crippen molar-refractivity contribution in [2.75, 3.05) is 18.8 Å². The molecule has 0 bridgehead atoms. The number of benzene rings is 1. The first-order valence-corrected chi connectivity index (χ1v) is 9.32. The number of alkyl carbamates (subject to hydrolysis) is 1. The highest BCUT2D eigenvalue weighted by Crippen LogP contribution is 2.18. The number of rotatable bonds is 7. The molecule has 0 unspecified atom stereocenters. The molecule has 0 fully saturated rings. The Morgan fingerprint density at radius 2 is 1.83 bits per heavy atom. The second kappa shape index (κ2) is 8.34. The van der Waals surface area contributed by atoms with Gasteiger partial charge in [-0.05, 0) is 58.2 Å². The molecule has 24 heavy (non-hydrogen) atoms. The zero-order valence-corrected chi connectivity index (χ0v) is 15.5. The lowest BCUT2D eigenvalue weighted by atomic mass is 10.2. The molecule has 1 aromatic carbocycles. The Balaban J connectivity index is 2.35. The number of hydrogen-bond acceptors (Lipinski definition) is 5. The zero-order valence-electron chi connectivity index (χ0n) is 14.7. The van der Waals surface area contributed by atoms with Gasteiger partial charge in [0.15, 0.2) is 0 Å². The number of sulfonamides is 1. The lowest BCUT2D eigenvalue weighted by Gasteiger charge is -2.19. The van der Waals surface area contributed by atoms with Crippen molar-refractivity contribution in [2.24, 2.45) is 0 Å². The number of ether oxygens (including phenoxy) is 1. The zero-order chi connectivity index (χ0) is 18.4. The summed E-state index contributed by atoms with van der Waals surface area (Å²) in [5.41, 5.74) is 6.16. The number of aryl methyl sites for hydroxylation is 1. The van der Waals surface area contributed by atoms with Crippen molar-refractivity contribution in [3.05, 3.63) is 23.8 Å². The number of unbranched alkanes of at least 4 members (excludes halogenated alkanes) is 1. The van der Waals surface area contributed by atoms with E-state index < -0.39 is 21.7 Å². The van der Waals surface area contributed by atoms with Crippen LogP contribution >= 0.6 is 0 Å². The van der Waals surface area contributed by atoms with E-state index in [1.54, 1.807) is 39.8 Å². The maximum Gasteiger partial charge on any atom is 0.407 e. The normalized spacial score (nSPS) is 12.0. The fourth-order valence-corrected chi connectivity index (χ4v) is 3.30. The number of hydrogen-bond donors (Lipinski definition) is 3. The van der Waals surface area contributed by atoms with E-state index in [0.717, 1.165) is 0 Å². The molecule has 0 saturated carbocycles. The third-order valence-corrected chi connectivity index (χ3v) is 4.67. The number of nitrogens with two attached hydrogens (primary N) is 1. The Kier molecular flexibility index (Phi) is 7.04. The summed E-state index contributed by atoms with van der Waals surface area (Å²) in [5.74, 6) is 0. The smallest absolute Gasteiger partial charge is 0.407 e. The van der Waals surface area contributed by atoms with Crippen molar-refractivity contribution in [1.29, 1.82) is 0 Å². The topological polar surface area (TPSA) is 111 Å². The van der Waals surface area contributed by atoms with Gasteiger partial charge in [0.25, 0.3) is 0 Å². The molecule has 0 aliphatic heterocycles. The molecule has 0 saturated heterocycles. The van der Waals surface area contributed by atoms with Gasteiger partial charge in [0.05, 0.1) is 4.90 Å². The molecule has 0 heterocycles. The molecular formula is C16H27N3O4S. The van der Waals surface area contributed by atoms with Crippen LogP contribution in [0.3, 0.4) is 0 Å². The fourth-order valence-electron chi connectivity index (χ4n) is 1.95. The van der Waals surface area contributed by atoms with E-state index in [0.29, 0.717) is 30.6 Å². The van der Waals surface area contributed by atoms with Crippen LogP contribution in [0.25, 0.3) is 0 Å². The van der Waals surface area contributed by atoms with E-state index in [1.807, 2.05) is 0 Å². The summed E-state index contributed by atoms with van der Waals surface area (Å²) in [5, 5.41) is 2.63. The van der Waals surface area contributed by atoms with Gasteiger partial charge in [0.2, 0.25) is 10.0 Å². The molecule has 4 N–H and O–H groups in total. The predicted molar refractivity (Wildman–Crippen MR) is 94.3 cm³/mol. The molecule has 0 aliphatic carbocycles. The largest absolute Gasteiger partial charge is 0.444 e. The van der Waals surface area contributed by atoms with Gasteiger partial charge in [-0.25, -0.2) is 17.9 Å². The van der Waals surface area contributed by atoms with E-state index in [9.17, 15) is 13.2 Å². The van der Waals surface area contributed by atoms with Gasteiger partial charge in [-0.3, -0.25) is 0 Å². The summed E-state index contributed by atoms with van der Waals surface area (Å²) in [4.78, 5) is 11.6. The highest BCUT2D eigenvalue weighted by atomic mass is 32.2. The summed E-state index contributed by atoms with van der Waals surface area (Å²) < 4.78 is 32.1. The highest BCUT2D eigenvalue weighted by molar-refractivity contribution is 7.89. The van der Waals surface area contributed by atoms with Gasteiger partial charge >= 0.3 is 6.09 Å². The van der Waals surface area contributed by atoms with Crippen LogP contribution in [0.4, 0.5) is 10.5 Å². The maximum atomic E-state index is 12.2. The van der Waals surface area contributed by atoms with E-state index in [-0.39, 0.29) is 11.4 Å². The molecular weight excluding hydrogens is 330 g/mol. The Labute approximate surface area is 144 Å². The Hall–Kier alpha value is -1.80. The molecule has 0 aromatic heterocycles. The molecule has 0 atom stereocenters. The Morgan fingerprint density at radius 1 is 1.21 bits per heavy atom. The van der Waals surface area contributed by atoms with Crippen LogP contribution < -0.4 is 15.8 Å². The van der Waals surface area contributed by atoms with Gasteiger partial charge in [0, 0.05) is 18.8 Å². The average Bonchev–Trinajstić information content (AvgIpc) is 2.43. The van der Waals surface area contributed by atoms with Crippen molar-refractivity contribution in [1.82, 2.24) is 10.0 Å². The summed E-state index contributed by atoms with van der Waals surface area (Å²) in [6, 6.07) is 4.78. The van der Waals surface area contributed by atoms with Gasteiger partial charge < -0.3 is 15.8 Å². The van der Waals surface area contributed by atoms with E-state index in [1.165, 1.54) is 6.07 Å². The second-order valence-corrected chi connectivity index (χ2v) is 8.29. The number of anilines is 1. The molecule has 1 aromatic rings. The minimum atomic E-state index is -3.58. The van der Waals surface area contributed by atoms with Crippen molar-refractivity contribution >= 4 is 21.8 Å². The van der Waals surface area contributed by atoms with Crippen LogP contribution in [0, 0.1) is 6.92 Å². The molecule has 136 valence electrons. The monoisotopic (exact) mass is 357 g/mol. The van der Waals surface area contributed by atoms with Gasteiger partial charge in [-0.15, -0.1) is 0 Å². The van der Waals surface area contributed by atoms with E-state index in [2.05, 4.69) is 10.0 Å². The summed E-state index contributed by atoms with van der Waals surface area (Å²) >= 11 is 0. The van der Waals surface area contributed by atoms with Crippen molar-refractivity contribution in [3.8, 4) is 0 Å². The SMILES string of the molecule is Cc1ccc(N)cc1S(=O)(=O)NCCCCNC(=O)OC(C)(C)C. The third kappa shape index (κ3) is 7.18. The first-order chi connectivity index (χ1) is 11.0. The highest BCUT2D eigenvalue weighted by Gasteiger charge is 2.17. The number of nitrogen functional groups attached to an aromatic ring is 1. The Bertz CT molecular complexity index is 666. The third-order valence-electron chi connectivity index (χ3n) is 3.07. The van der Waals surface area contributed by atoms with Crippen molar-refractivity contribution in [3.63, 3.8) is 0 Å². The molecule has 7 nitrogen and oxygen atoms in total. The maximum absolute atomic E-state index is 12.2. The lowest BCUT2D eigenvalue weighted by Crippen LogP contribution is -2.33. The van der Waals surface area contributed by atoms with Crippen LogP contribution in [0.15, 0.2) is 23.1 Å². The van der Waals surface area contributed by atoms with Crippen LogP contribution in [0.1, 0.15) is 39.2 Å². The van der Waals surface area contributed by atoms with Crippen molar-refractivity contribution in [2.45, 2.75) is 51.0 Å². The summed E-state index contributed by atoms with van der Waals surface area (Å²) in [7, 11) is -3.58. The van der Waals surface area contributed by atoms with E-state index in [4.69, 9.17) is 10.5 Å². The number of carbonyl (C=O) groups is 1. The number of nitrogens with one attached hydrogen (secondary N) is 2. The first-order valence-electron chi connectivity index (χ1n) is 7.84. The van der Waals surface area contributed by atoms with Crippen LogP contribution in [-0.2, 0) is 14.8 Å². The molecule has 0 radical (unpaired) electrons. The Morgan fingerprint density at radius 3 is 2.46 bits per heavy atom. The molecule has 8 heteroatoms. The lowest BCUT2D eigenvalue weighted by molar-refractivity contribution is 0.0527. The van der Waals surface area contributed by atoms with E-state index >= 15 is 0 Å². The second-order valence-electron chi connectivity index (χ2n) is 6.56. The van der Waals surface area contributed by atoms with Gasteiger partial charge in [0.1, 0.15) is 5.60 Å². The minimum absolute atomic E-state index is 0.189. The molecule has 1 rings (SSSR count). The van der Waals surface area contributed by atoms with Gasteiger partial charge in [-0.2, -0.15) is 0 Å². The van der Waals surface area contributed by atoms with Crippen LogP contribution in [0.2, 0.25) is 0 Å². The molecule has 0 spiro atoms. The molecule has 1 amide bonds. The van der Waals surface area contributed by atoms with Gasteiger partial charge in [-0.1, -0.05) is 6.07 Å².